The largest absolute Gasteiger partial charge is 0.384 e. The van der Waals surface area contributed by atoms with Crippen molar-refractivity contribution in [3.8, 4) is 0 Å². The van der Waals surface area contributed by atoms with Crippen molar-refractivity contribution >= 4 is 16.7 Å². The van der Waals surface area contributed by atoms with Crippen molar-refractivity contribution < 1.29 is 9.53 Å². The minimum atomic E-state index is 0.170. The molecular weight excluding hydrogens is 228 g/mol. The highest BCUT2D eigenvalue weighted by Crippen LogP contribution is 2.19. The molecule has 0 fully saturated rings. The molecule has 18 heavy (non-hydrogen) atoms. The molecule has 1 aromatic heterocycles. The second kappa shape index (κ2) is 5.78. The maximum Gasteiger partial charge on any atom is 0.141 e. The third kappa shape index (κ3) is 2.59. The summed E-state index contributed by atoms with van der Waals surface area (Å²) in [7, 11) is 1.61. The fourth-order valence-electron chi connectivity index (χ4n) is 2.06. The first-order chi connectivity index (χ1) is 8.76. The fourth-order valence-corrected chi connectivity index (χ4v) is 2.06. The lowest BCUT2D eigenvalue weighted by Gasteiger charge is -1.98. The van der Waals surface area contributed by atoms with E-state index in [1.165, 1.54) is 0 Å². The zero-order valence-electron chi connectivity index (χ0n) is 10.8. The molecule has 0 aliphatic heterocycles. The van der Waals surface area contributed by atoms with Crippen LogP contribution in [0.3, 0.4) is 0 Å². The Morgan fingerprint density at radius 3 is 2.89 bits per heavy atom. The highest BCUT2D eigenvalue weighted by atomic mass is 16.5. The molecule has 0 saturated heterocycles. The molecule has 0 aliphatic carbocycles. The summed E-state index contributed by atoms with van der Waals surface area (Å²) in [5.41, 5.74) is 1.96. The first-order valence-electron chi connectivity index (χ1n) is 6.21. The monoisotopic (exact) mass is 246 g/mol. The Balaban J connectivity index is 2.25. The molecule has 0 radical (unpaired) electrons. The van der Waals surface area contributed by atoms with Gasteiger partial charge in [0.15, 0.2) is 0 Å². The van der Waals surface area contributed by atoms with E-state index in [1.807, 2.05) is 28.9 Å². The van der Waals surface area contributed by atoms with E-state index in [4.69, 9.17) is 4.74 Å². The normalized spacial score (nSPS) is 11.0. The van der Waals surface area contributed by atoms with Crippen LogP contribution in [0.25, 0.3) is 10.9 Å². The summed E-state index contributed by atoms with van der Waals surface area (Å²) in [4.78, 5) is 11.8. The molecule has 0 aliphatic rings. The Kier molecular flexibility index (Phi) is 4.10. The van der Waals surface area contributed by atoms with Crippen LogP contribution in [0.5, 0.6) is 0 Å². The number of aryl methyl sites for hydroxylation is 1. The summed E-state index contributed by atoms with van der Waals surface area (Å²) in [6.45, 7) is 3.34. The number of methoxy groups -OCH3 is 1. The van der Waals surface area contributed by atoms with E-state index in [1.54, 1.807) is 7.11 Å². The molecule has 0 atom stereocenters. The SMILES string of the molecule is CCn1nc(CC(=O)CCOC)c2ccccc21. The molecule has 2 rings (SSSR count). The molecule has 2 aromatic rings. The molecule has 0 bridgehead atoms. The van der Waals surface area contributed by atoms with E-state index < -0.39 is 0 Å². The first kappa shape index (κ1) is 12.8. The summed E-state index contributed by atoms with van der Waals surface area (Å²) in [6, 6.07) is 8.03. The van der Waals surface area contributed by atoms with Gasteiger partial charge >= 0.3 is 0 Å². The molecule has 4 heteroatoms. The first-order valence-corrected chi connectivity index (χ1v) is 6.21. The number of hydrogen-bond acceptors (Lipinski definition) is 3. The predicted molar refractivity (Wildman–Crippen MR) is 70.6 cm³/mol. The molecular formula is C14H18N2O2. The van der Waals surface area contributed by atoms with Crippen LogP contribution in [0, 0.1) is 0 Å². The van der Waals surface area contributed by atoms with Crippen molar-refractivity contribution in [3.63, 3.8) is 0 Å². The second-order valence-corrected chi connectivity index (χ2v) is 4.24. The van der Waals surface area contributed by atoms with Crippen molar-refractivity contribution in [2.45, 2.75) is 26.3 Å². The summed E-state index contributed by atoms with van der Waals surface area (Å²) >= 11 is 0. The summed E-state index contributed by atoms with van der Waals surface area (Å²) in [5, 5.41) is 5.59. The Labute approximate surface area is 107 Å². The van der Waals surface area contributed by atoms with Crippen LogP contribution < -0.4 is 0 Å². The van der Waals surface area contributed by atoms with Gasteiger partial charge in [0.2, 0.25) is 0 Å². The van der Waals surface area contributed by atoms with Gasteiger partial charge in [-0.2, -0.15) is 5.10 Å². The fraction of sp³-hybridized carbons (Fsp3) is 0.429. The molecule has 0 unspecified atom stereocenters. The van der Waals surface area contributed by atoms with Gasteiger partial charge in [-0.05, 0) is 13.0 Å². The lowest BCUT2D eigenvalue weighted by Crippen LogP contribution is -2.07. The van der Waals surface area contributed by atoms with Gasteiger partial charge < -0.3 is 4.74 Å². The number of Topliss-reactive ketones (excluding diaryl/α,β-unsaturated/α-hetero) is 1. The van der Waals surface area contributed by atoms with Gasteiger partial charge in [0.1, 0.15) is 5.78 Å². The van der Waals surface area contributed by atoms with Crippen LogP contribution in [0.2, 0.25) is 0 Å². The molecule has 96 valence electrons. The molecule has 0 amide bonds. The third-order valence-corrected chi connectivity index (χ3v) is 2.98. The van der Waals surface area contributed by atoms with E-state index in [2.05, 4.69) is 12.0 Å². The molecule has 1 heterocycles. The van der Waals surface area contributed by atoms with Crippen LogP contribution in [-0.2, 0) is 22.5 Å². The predicted octanol–water partition coefficient (Wildman–Crippen LogP) is 2.20. The van der Waals surface area contributed by atoms with Crippen molar-refractivity contribution in [2.75, 3.05) is 13.7 Å². The minimum Gasteiger partial charge on any atom is -0.384 e. The number of para-hydroxylation sites is 1. The minimum absolute atomic E-state index is 0.170. The van der Waals surface area contributed by atoms with E-state index >= 15 is 0 Å². The number of hydrogen-bond donors (Lipinski definition) is 0. The van der Waals surface area contributed by atoms with Gasteiger partial charge in [-0.15, -0.1) is 0 Å². The number of ketones is 1. The van der Waals surface area contributed by atoms with Crippen LogP contribution in [-0.4, -0.2) is 29.3 Å². The van der Waals surface area contributed by atoms with Crippen molar-refractivity contribution in [1.29, 1.82) is 0 Å². The second-order valence-electron chi connectivity index (χ2n) is 4.24. The summed E-state index contributed by atoms with van der Waals surface area (Å²) < 4.78 is 6.86. The Morgan fingerprint density at radius 2 is 2.17 bits per heavy atom. The number of nitrogens with zero attached hydrogens (tertiary/aromatic N) is 2. The average molecular weight is 246 g/mol. The Bertz CT molecular complexity index is 546. The number of ether oxygens (including phenoxy) is 1. The molecule has 4 nitrogen and oxygen atoms in total. The number of fused-ring (bicyclic) bond motifs is 1. The van der Waals surface area contributed by atoms with Gasteiger partial charge in [0.05, 0.1) is 24.2 Å². The standard InChI is InChI=1S/C14H18N2O2/c1-3-16-14-7-5-4-6-12(14)13(15-16)10-11(17)8-9-18-2/h4-7H,3,8-10H2,1-2H3. The number of benzene rings is 1. The summed E-state index contributed by atoms with van der Waals surface area (Å²) in [5.74, 6) is 0.170. The topological polar surface area (TPSA) is 44.1 Å². The highest BCUT2D eigenvalue weighted by molar-refractivity contribution is 5.88. The van der Waals surface area contributed by atoms with E-state index in [0.29, 0.717) is 19.4 Å². The third-order valence-electron chi connectivity index (χ3n) is 2.98. The number of carbonyl (C=O) groups is 1. The zero-order chi connectivity index (χ0) is 13.0. The summed E-state index contributed by atoms with van der Waals surface area (Å²) in [6.07, 6.45) is 0.834. The maximum atomic E-state index is 11.8. The van der Waals surface area contributed by atoms with Crippen molar-refractivity contribution in [2.24, 2.45) is 0 Å². The maximum absolute atomic E-state index is 11.8. The van der Waals surface area contributed by atoms with Gasteiger partial charge in [0.25, 0.3) is 0 Å². The molecule has 0 N–H and O–H groups in total. The van der Waals surface area contributed by atoms with Crippen molar-refractivity contribution in [3.05, 3.63) is 30.0 Å². The number of carbonyl (C=O) groups excluding carboxylic acids is 1. The van der Waals surface area contributed by atoms with Gasteiger partial charge in [-0.3, -0.25) is 9.48 Å². The lowest BCUT2D eigenvalue weighted by molar-refractivity contribution is -0.119. The molecule has 0 saturated carbocycles. The van der Waals surface area contributed by atoms with Gasteiger partial charge in [-0.1, -0.05) is 18.2 Å². The van der Waals surface area contributed by atoms with Crippen LogP contribution >= 0.6 is 0 Å². The van der Waals surface area contributed by atoms with Crippen LogP contribution in [0.1, 0.15) is 19.0 Å². The number of rotatable bonds is 6. The smallest absolute Gasteiger partial charge is 0.141 e. The zero-order valence-corrected chi connectivity index (χ0v) is 10.8. The molecule has 0 spiro atoms. The lowest BCUT2D eigenvalue weighted by atomic mass is 10.1. The average Bonchev–Trinajstić information content (AvgIpc) is 2.75. The van der Waals surface area contributed by atoms with E-state index in [0.717, 1.165) is 23.1 Å². The quantitative estimate of drug-likeness (QED) is 0.785. The molecule has 1 aromatic carbocycles. The van der Waals surface area contributed by atoms with Crippen LogP contribution in [0.15, 0.2) is 24.3 Å². The van der Waals surface area contributed by atoms with E-state index in [9.17, 15) is 4.79 Å². The van der Waals surface area contributed by atoms with E-state index in [-0.39, 0.29) is 5.78 Å². The van der Waals surface area contributed by atoms with Crippen molar-refractivity contribution in [1.82, 2.24) is 9.78 Å². The van der Waals surface area contributed by atoms with Gasteiger partial charge in [0, 0.05) is 25.5 Å². The number of aromatic nitrogens is 2. The Hall–Kier alpha value is -1.68. The Morgan fingerprint density at radius 1 is 1.39 bits per heavy atom. The van der Waals surface area contributed by atoms with Gasteiger partial charge in [-0.25, -0.2) is 0 Å². The van der Waals surface area contributed by atoms with Crippen LogP contribution in [0.4, 0.5) is 0 Å². The highest BCUT2D eigenvalue weighted by Gasteiger charge is 2.12.